The van der Waals surface area contributed by atoms with E-state index in [2.05, 4.69) is 93.7 Å². The highest BCUT2D eigenvalue weighted by molar-refractivity contribution is 5.71. The molecule has 0 aromatic carbocycles. The number of hydrogen-bond acceptors (Lipinski definition) is 6. The largest absolute Gasteiger partial charge is 0.462 e. The van der Waals surface area contributed by atoms with Crippen LogP contribution in [0.1, 0.15) is 348 Å². The summed E-state index contributed by atoms with van der Waals surface area (Å²) in [6, 6.07) is 0. The number of rotatable bonds is 62. The van der Waals surface area contributed by atoms with Gasteiger partial charge in [0.25, 0.3) is 0 Å². The maximum atomic E-state index is 12.9. The molecule has 0 bridgehead atoms. The second-order valence-corrected chi connectivity index (χ2v) is 22.7. The monoisotopic (exact) mass is 1090 g/mol. The molecule has 1 unspecified atom stereocenters. The smallest absolute Gasteiger partial charge is 0.306 e. The predicted octanol–water partition coefficient (Wildman–Crippen LogP) is 23.3. The van der Waals surface area contributed by atoms with Crippen molar-refractivity contribution in [2.24, 2.45) is 0 Å². The molecular formula is C72H128O6. The van der Waals surface area contributed by atoms with Gasteiger partial charge in [-0.15, -0.1) is 0 Å². The van der Waals surface area contributed by atoms with Gasteiger partial charge in [0.15, 0.2) is 6.10 Å². The number of unbranched alkanes of at least 4 members (excludes halogenated alkanes) is 39. The van der Waals surface area contributed by atoms with E-state index in [9.17, 15) is 14.4 Å². The van der Waals surface area contributed by atoms with Gasteiger partial charge in [-0.2, -0.15) is 0 Å². The van der Waals surface area contributed by atoms with Crippen LogP contribution in [0.5, 0.6) is 0 Å². The third-order valence-corrected chi connectivity index (χ3v) is 14.9. The molecule has 0 aromatic rings. The maximum Gasteiger partial charge on any atom is 0.306 e. The van der Waals surface area contributed by atoms with Crippen LogP contribution in [-0.2, 0) is 28.6 Å². The summed E-state index contributed by atoms with van der Waals surface area (Å²) < 4.78 is 17.0. The van der Waals surface area contributed by atoms with Gasteiger partial charge in [0.05, 0.1) is 0 Å². The average molecular weight is 1090 g/mol. The topological polar surface area (TPSA) is 78.9 Å². The molecule has 0 aliphatic heterocycles. The fraction of sp³-hybridized carbons (Fsp3) is 0.792. The van der Waals surface area contributed by atoms with Gasteiger partial charge in [-0.1, -0.05) is 312 Å². The van der Waals surface area contributed by atoms with Crippen LogP contribution >= 0.6 is 0 Å². The summed E-state index contributed by atoms with van der Waals surface area (Å²) in [5.74, 6) is -0.862. The second-order valence-electron chi connectivity index (χ2n) is 22.7. The zero-order chi connectivity index (χ0) is 56.4. The molecule has 0 spiro atoms. The van der Waals surface area contributed by atoms with E-state index in [1.54, 1.807) is 0 Å². The van der Waals surface area contributed by atoms with Crippen LogP contribution in [0, 0.1) is 0 Å². The lowest BCUT2D eigenvalue weighted by atomic mass is 10.0. The Morgan fingerprint density at radius 1 is 0.269 bits per heavy atom. The quantitative estimate of drug-likeness (QED) is 0.0261. The molecule has 1 atom stereocenters. The van der Waals surface area contributed by atoms with Crippen molar-refractivity contribution >= 4 is 17.9 Å². The predicted molar refractivity (Wildman–Crippen MR) is 339 cm³/mol. The van der Waals surface area contributed by atoms with Crippen molar-refractivity contribution in [2.45, 2.75) is 354 Å². The fourth-order valence-electron chi connectivity index (χ4n) is 9.88. The third-order valence-electron chi connectivity index (χ3n) is 14.9. The molecule has 0 aromatic heterocycles. The lowest BCUT2D eigenvalue weighted by Crippen LogP contribution is -2.30. The molecule has 0 aliphatic rings. The summed E-state index contributed by atoms with van der Waals surface area (Å²) >= 11 is 0. The van der Waals surface area contributed by atoms with Gasteiger partial charge in [0.2, 0.25) is 0 Å². The minimum absolute atomic E-state index is 0.0740. The van der Waals surface area contributed by atoms with Gasteiger partial charge in [-0.3, -0.25) is 14.4 Å². The van der Waals surface area contributed by atoms with Crippen molar-refractivity contribution in [1.82, 2.24) is 0 Å². The Bertz CT molecular complexity index is 1440. The van der Waals surface area contributed by atoms with Crippen molar-refractivity contribution in [1.29, 1.82) is 0 Å². The molecule has 0 saturated carbocycles. The van der Waals surface area contributed by atoms with Gasteiger partial charge >= 0.3 is 17.9 Å². The van der Waals surface area contributed by atoms with Crippen molar-refractivity contribution in [3.63, 3.8) is 0 Å². The first-order valence-corrected chi connectivity index (χ1v) is 33.9. The van der Waals surface area contributed by atoms with Crippen LogP contribution in [0.25, 0.3) is 0 Å². The number of carbonyl (C=O) groups is 3. The van der Waals surface area contributed by atoms with Crippen molar-refractivity contribution in [3.05, 3.63) is 72.9 Å². The van der Waals surface area contributed by atoms with E-state index in [1.165, 1.54) is 212 Å². The average Bonchev–Trinajstić information content (AvgIpc) is 3.44. The number of ether oxygens (including phenoxy) is 3. The lowest BCUT2D eigenvalue weighted by Gasteiger charge is -2.18. The summed E-state index contributed by atoms with van der Waals surface area (Å²) in [6.45, 7) is 6.55. The second kappa shape index (κ2) is 66.4. The first kappa shape index (κ1) is 74.8. The maximum absolute atomic E-state index is 12.9. The molecule has 0 rings (SSSR count). The van der Waals surface area contributed by atoms with Gasteiger partial charge in [0.1, 0.15) is 13.2 Å². The van der Waals surface area contributed by atoms with Gasteiger partial charge in [0, 0.05) is 19.3 Å². The molecule has 452 valence electrons. The first-order valence-electron chi connectivity index (χ1n) is 33.9. The van der Waals surface area contributed by atoms with E-state index in [1.807, 2.05) is 0 Å². The van der Waals surface area contributed by atoms with Gasteiger partial charge in [-0.25, -0.2) is 0 Å². The Hall–Kier alpha value is -3.15. The fourth-order valence-corrected chi connectivity index (χ4v) is 9.88. The summed E-state index contributed by atoms with van der Waals surface area (Å²) in [5.41, 5.74) is 0. The highest BCUT2D eigenvalue weighted by atomic mass is 16.6. The summed E-state index contributed by atoms with van der Waals surface area (Å²) in [4.78, 5) is 38.4. The summed E-state index contributed by atoms with van der Waals surface area (Å²) in [5, 5.41) is 0. The highest BCUT2D eigenvalue weighted by Gasteiger charge is 2.19. The molecule has 0 fully saturated rings. The molecule has 6 nitrogen and oxygen atoms in total. The van der Waals surface area contributed by atoms with E-state index in [0.717, 1.165) is 96.3 Å². The zero-order valence-electron chi connectivity index (χ0n) is 51.9. The van der Waals surface area contributed by atoms with E-state index in [0.29, 0.717) is 19.3 Å². The molecule has 78 heavy (non-hydrogen) atoms. The highest BCUT2D eigenvalue weighted by Crippen LogP contribution is 2.17. The van der Waals surface area contributed by atoms with Crippen LogP contribution in [0.4, 0.5) is 0 Å². The third kappa shape index (κ3) is 63.7. The number of carbonyl (C=O) groups excluding carboxylic acids is 3. The molecule has 0 amide bonds. The summed E-state index contributed by atoms with van der Waals surface area (Å²) in [6.07, 6.45) is 86.3. The SMILES string of the molecule is CC/C=C\C/C=C\C/C=C\C/C=C\CCCCCCCCCCCCCCCCC(=O)OCC(COC(=O)CCCCCCCCCCCCCCCCCC)OC(=O)CCCCCCCCC/C=C\C/C=C\CCCCC. The Morgan fingerprint density at radius 3 is 0.808 bits per heavy atom. The number of hydrogen-bond donors (Lipinski definition) is 0. The molecule has 6 heteroatoms. The van der Waals surface area contributed by atoms with Crippen molar-refractivity contribution in [2.75, 3.05) is 13.2 Å². The Morgan fingerprint density at radius 2 is 0.500 bits per heavy atom. The number of esters is 3. The van der Waals surface area contributed by atoms with E-state index >= 15 is 0 Å². The van der Waals surface area contributed by atoms with E-state index in [-0.39, 0.29) is 31.1 Å². The van der Waals surface area contributed by atoms with Crippen LogP contribution in [0.15, 0.2) is 72.9 Å². The lowest BCUT2D eigenvalue weighted by molar-refractivity contribution is -0.167. The number of allylic oxidation sites excluding steroid dienone is 12. The van der Waals surface area contributed by atoms with Gasteiger partial charge < -0.3 is 14.2 Å². The van der Waals surface area contributed by atoms with Crippen molar-refractivity contribution in [3.8, 4) is 0 Å². The van der Waals surface area contributed by atoms with Crippen LogP contribution in [0.3, 0.4) is 0 Å². The molecule has 0 N–H and O–H groups in total. The van der Waals surface area contributed by atoms with Crippen molar-refractivity contribution < 1.29 is 28.6 Å². The molecule has 0 saturated heterocycles. The van der Waals surface area contributed by atoms with Gasteiger partial charge in [-0.05, 0) is 89.9 Å². The Kier molecular flexibility index (Phi) is 63.7. The molecule has 0 aliphatic carbocycles. The molecule has 0 radical (unpaired) electrons. The van der Waals surface area contributed by atoms with Crippen LogP contribution in [0.2, 0.25) is 0 Å². The van der Waals surface area contributed by atoms with E-state index < -0.39 is 6.10 Å². The molecule has 0 heterocycles. The Labute approximate surface area is 484 Å². The van der Waals surface area contributed by atoms with Crippen LogP contribution in [-0.4, -0.2) is 37.2 Å². The summed E-state index contributed by atoms with van der Waals surface area (Å²) in [7, 11) is 0. The minimum atomic E-state index is -0.779. The normalized spacial score (nSPS) is 12.5. The minimum Gasteiger partial charge on any atom is -0.462 e. The first-order chi connectivity index (χ1) is 38.5. The van der Waals surface area contributed by atoms with Crippen LogP contribution < -0.4 is 0 Å². The Balaban J connectivity index is 4.28. The standard InChI is InChI=1S/C72H128O6/c1-4-7-10-13-16-19-22-25-28-31-32-33-34-35-36-37-38-39-40-42-44-47-50-53-56-59-62-65-71(74)77-68-69(67-76-70(73)64-61-58-55-52-49-46-43-30-27-24-21-18-15-12-9-6-3)78-72(75)66-63-60-57-54-51-48-45-41-29-26-23-20-17-14-11-8-5-2/h7,10,16-17,19-20,25-26,28-29,32-33,69H,4-6,8-9,11-15,18,21-24,27,30-31,34-68H2,1-3H3/b10-7-,19-16-,20-17-,28-25-,29-26-,33-32-. The van der Waals surface area contributed by atoms with E-state index in [4.69, 9.17) is 14.2 Å². The zero-order valence-corrected chi connectivity index (χ0v) is 51.9. The molecular weight excluding hydrogens is 961 g/mol.